The lowest BCUT2D eigenvalue weighted by Crippen LogP contribution is -2.51. The molecule has 1 heterocycles. The number of carbonyl (C=O) groups excluding carboxylic acids is 1. The molecule has 0 aromatic carbocycles. The molecule has 0 aliphatic carbocycles. The molecule has 9 heavy (non-hydrogen) atoms. The van der Waals surface area contributed by atoms with Crippen molar-refractivity contribution in [2.75, 3.05) is 20.1 Å². The average molecular weight is 128 g/mol. The molecule has 0 aromatic rings. The van der Waals surface area contributed by atoms with Crippen LogP contribution in [-0.2, 0) is 4.79 Å². The van der Waals surface area contributed by atoms with Crippen molar-refractivity contribution >= 4 is 5.91 Å². The lowest BCUT2D eigenvalue weighted by atomic mass is 10.2. The molecule has 1 atom stereocenters. The summed E-state index contributed by atoms with van der Waals surface area (Å²) in [6.07, 6.45) is 0. The highest BCUT2D eigenvalue weighted by atomic mass is 16.2. The molecule has 1 aliphatic rings. The van der Waals surface area contributed by atoms with Crippen LogP contribution in [0.25, 0.3) is 0 Å². The van der Waals surface area contributed by atoms with Gasteiger partial charge in [0.05, 0.1) is 6.04 Å². The average Bonchev–Trinajstić information content (AvgIpc) is 1.83. The third kappa shape index (κ3) is 1.21. The van der Waals surface area contributed by atoms with E-state index < -0.39 is 0 Å². The quantitative estimate of drug-likeness (QED) is 0.474. The standard InChI is InChI=1S/C6H12N2O/c1-5-6(9)7-3-4-8(5)2/h5H,3-4H2,1-2H3,(H,7,9)/t5-/m1/s1. The number of likely N-dealkylation sites (N-methyl/N-ethyl adjacent to an activating group) is 1. The van der Waals surface area contributed by atoms with E-state index in [-0.39, 0.29) is 11.9 Å². The van der Waals surface area contributed by atoms with Gasteiger partial charge in [-0.15, -0.1) is 0 Å². The van der Waals surface area contributed by atoms with Gasteiger partial charge in [-0.05, 0) is 14.0 Å². The van der Waals surface area contributed by atoms with Crippen molar-refractivity contribution in [3.63, 3.8) is 0 Å². The van der Waals surface area contributed by atoms with Crippen LogP contribution in [0.2, 0.25) is 0 Å². The summed E-state index contributed by atoms with van der Waals surface area (Å²) < 4.78 is 0. The predicted octanol–water partition coefficient (Wildman–Crippen LogP) is -0.563. The molecule has 1 saturated heterocycles. The van der Waals surface area contributed by atoms with Gasteiger partial charge in [0.2, 0.25) is 5.91 Å². The maximum absolute atomic E-state index is 10.9. The zero-order valence-corrected chi connectivity index (χ0v) is 5.85. The van der Waals surface area contributed by atoms with Crippen LogP contribution in [0.4, 0.5) is 0 Å². The van der Waals surface area contributed by atoms with Crippen LogP contribution in [-0.4, -0.2) is 37.0 Å². The summed E-state index contributed by atoms with van der Waals surface area (Å²) in [4.78, 5) is 12.9. The summed E-state index contributed by atoms with van der Waals surface area (Å²) in [6.45, 7) is 3.67. The highest BCUT2D eigenvalue weighted by Crippen LogP contribution is 1.98. The minimum atomic E-state index is 0.0544. The first kappa shape index (κ1) is 6.55. The number of nitrogens with one attached hydrogen (secondary N) is 1. The third-order valence-electron chi connectivity index (χ3n) is 1.80. The third-order valence-corrected chi connectivity index (χ3v) is 1.80. The Balaban J connectivity index is 2.51. The van der Waals surface area contributed by atoms with Crippen LogP contribution in [0.3, 0.4) is 0 Å². The van der Waals surface area contributed by atoms with Gasteiger partial charge in [0.1, 0.15) is 0 Å². The van der Waals surface area contributed by atoms with E-state index in [2.05, 4.69) is 5.32 Å². The Morgan fingerprint density at radius 3 is 2.89 bits per heavy atom. The number of carbonyl (C=O) groups is 1. The van der Waals surface area contributed by atoms with E-state index in [0.29, 0.717) is 0 Å². The van der Waals surface area contributed by atoms with E-state index in [9.17, 15) is 4.79 Å². The highest BCUT2D eigenvalue weighted by Gasteiger charge is 2.20. The monoisotopic (exact) mass is 128 g/mol. The van der Waals surface area contributed by atoms with Crippen molar-refractivity contribution in [3.05, 3.63) is 0 Å². The summed E-state index contributed by atoms with van der Waals surface area (Å²) in [6, 6.07) is 0.0544. The number of amides is 1. The molecule has 1 aliphatic heterocycles. The minimum Gasteiger partial charge on any atom is -0.353 e. The Morgan fingerprint density at radius 2 is 2.44 bits per heavy atom. The summed E-state index contributed by atoms with van der Waals surface area (Å²) in [7, 11) is 1.96. The predicted molar refractivity (Wildman–Crippen MR) is 35.1 cm³/mol. The number of rotatable bonds is 0. The van der Waals surface area contributed by atoms with Gasteiger partial charge in [0.25, 0.3) is 0 Å². The fourth-order valence-corrected chi connectivity index (χ4v) is 0.897. The van der Waals surface area contributed by atoms with Crippen LogP contribution in [0.5, 0.6) is 0 Å². The molecule has 0 aromatic heterocycles. The minimum absolute atomic E-state index is 0.0544. The van der Waals surface area contributed by atoms with E-state index in [4.69, 9.17) is 0 Å². The molecule has 0 bridgehead atoms. The van der Waals surface area contributed by atoms with Crippen LogP contribution < -0.4 is 5.32 Å². The summed E-state index contributed by atoms with van der Waals surface area (Å²) in [5.41, 5.74) is 0. The van der Waals surface area contributed by atoms with E-state index >= 15 is 0 Å². The van der Waals surface area contributed by atoms with Gasteiger partial charge < -0.3 is 5.32 Å². The van der Waals surface area contributed by atoms with Gasteiger partial charge in [0, 0.05) is 13.1 Å². The molecule has 0 saturated carbocycles. The Hall–Kier alpha value is -0.570. The van der Waals surface area contributed by atoms with Crippen LogP contribution in [0, 0.1) is 0 Å². The van der Waals surface area contributed by atoms with Gasteiger partial charge in [0.15, 0.2) is 0 Å². The largest absolute Gasteiger partial charge is 0.353 e. The Bertz CT molecular complexity index is 124. The number of piperazine rings is 1. The number of nitrogens with zero attached hydrogens (tertiary/aromatic N) is 1. The molecule has 1 amide bonds. The lowest BCUT2D eigenvalue weighted by Gasteiger charge is -2.28. The van der Waals surface area contributed by atoms with E-state index in [0.717, 1.165) is 13.1 Å². The molecule has 0 radical (unpaired) electrons. The first-order valence-corrected chi connectivity index (χ1v) is 3.20. The number of hydrogen-bond donors (Lipinski definition) is 1. The first-order valence-electron chi connectivity index (χ1n) is 3.20. The molecule has 3 nitrogen and oxygen atoms in total. The van der Waals surface area contributed by atoms with Crippen LogP contribution in [0.1, 0.15) is 6.92 Å². The van der Waals surface area contributed by atoms with Gasteiger partial charge >= 0.3 is 0 Å². The highest BCUT2D eigenvalue weighted by molar-refractivity contribution is 5.81. The fourth-order valence-electron chi connectivity index (χ4n) is 0.897. The molecule has 52 valence electrons. The maximum atomic E-state index is 10.9. The molecule has 1 N–H and O–H groups in total. The summed E-state index contributed by atoms with van der Waals surface area (Å²) >= 11 is 0. The Morgan fingerprint density at radius 1 is 1.78 bits per heavy atom. The second kappa shape index (κ2) is 2.35. The molecule has 1 fully saturated rings. The fraction of sp³-hybridized carbons (Fsp3) is 0.833. The molecule has 3 heteroatoms. The molecule has 0 unspecified atom stereocenters. The van der Waals surface area contributed by atoms with Crippen molar-refractivity contribution in [1.82, 2.24) is 10.2 Å². The van der Waals surface area contributed by atoms with E-state index in [1.165, 1.54) is 0 Å². The Labute approximate surface area is 55.0 Å². The Kier molecular flexibility index (Phi) is 1.71. The summed E-state index contributed by atoms with van der Waals surface area (Å²) in [5, 5.41) is 2.78. The van der Waals surface area contributed by atoms with Crippen LogP contribution in [0.15, 0.2) is 0 Å². The topological polar surface area (TPSA) is 32.3 Å². The zero-order chi connectivity index (χ0) is 6.85. The van der Waals surface area contributed by atoms with Crippen molar-refractivity contribution in [2.45, 2.75) is 13.0 Å². The van der Waals surface area contributed by atoms with Gasteiger partial charge in [-0.3, -0.25) is 9.69 Å². The smallest absolute Gasteiger partial charge is 0.237 e. The van der Waals surface area contributed by atoms with Crippen molar-refractivity contribution in [1.29, 1.82) is 0 Å². The number of hydrogen-bond acceptors (Lipinski definition) is 2. The molecule has 1 rings (SSSR count). The van der Waals surface area contributed by atoms with Crippen LogP contribution >= 0.6 is 0 Å². The van der Waals surface area contributed by atoms with Crippen molar-refractivity contribution in [3.8, 4) is 0 Å². The van der Waals surface area contributed by atoms with E-state index in [1.807, 2.05) is 18.9 Å². The normalized spacial score (nSPS) is 30.0. The second-order valence-corrected chi connectivity index (χ2v) is 2.45. The molecular formula is C6H12N2O. The second-order valence-electron chi connectivity index (χ2n) is 2.45. The maximum Gasteiger partial charge on any atom is 0.237 e. The zero-order valence-electron chi connectivity index (χ0n) is 5.85. The summed E-state index contributed by atoms with van der Waals surface area (Å²) in [5.74, 6) is 0.142. The lowest BCUT2D eigenvalue weighted by molar-refractivity contribution is -0.127. The van der Waals surface area contributed by atoms with Gasteiger partial charge in [-0.1, -0.05) is 0 Å². The van der Waals surface area contributed by atoms with Crippen molar-refractivity contribution < 1.29 is 4.79 Å². The van der Waals surface area contributed by atoms with Crippen molar-refractivity contribution in [2.24, 2.45) is 0 Å². The van der Waals surface area contributed by atoms with E-state index in [1.54, 1.807) is 0 Å². The van der Waals surface area contributed by atoms with Gasteiger partial charge in [-0.25, -0.2) is 0 Å². The molecular weight excluding hydrogens is 116 g/mol. The molecule has 0 spiro atoms. The van der Waals surface area contributed by atoms with Gasteiger partial charge in [-0.2, -0.15) is 0 Å². The SMILES string of the molecule is C[C@@H]1C(=O)NCCN1C. The first-order chi connectivity index (χ1) is 4.22.